The highest BCUT2D eigenvalue weighted by atomic mass is 35.5. The third-order valence-electron chi connectivity index (χ3n) is 3.70. The van der Waals surface area contributed by atoms with Crippen LogP contribution >= 0.6 is 11.6 Å². The zero-order chi connectivity index (χ0) is 18.0. The lowest BCUT2D eigenvalue weighted by Crippen LogP contribution is -2.47. The van der Waals surface area contributed by atoms with Gasteiger partial charge in [-0.15, -0.1) is 0 Å². The maximum atomic E-state index is 12.6. The van der Waals surface area contributed by atoms with Gasteiger partial charge in [-0.2, -0.15) is 21.6 Å². The van der Waals surface area contributed by atoms with Crippen LogP contribution in [0.4, 0.5) is 19.0 Å². The fourth-order valence-corrected chi connectivity index (χ4v) is 3.25. The lowest BCUT2D eigenvalue weighted by Gasteiger charge is -2.35. The first-order valence-electron chi connectivity index (χ1n) is 7.21. The molecule has 0 bridgehead atoms. The molecule has 1 saturated heterocycles. The molecular weight excluding hydrogens is 371 g/mol. The van der Waals surface area contributed by atoms with Crippen LogP contribution in [0, 0.1) is 0 Å². The van der Waals surface area contributed by atoms with E-state index in [4.69, 9.17) is 16.2 Å². The number of alkyl halides is 3. The highest BCUT2D eigenvalue weighted by Gasteiger charge is 2.32. The second-order valence-corrected chi connectivity index (χ2v) is 7.47. The van der Waals surface area contributed by atoms with Crippen molar-refractivity contribution in [3.8, 4) is 0 Å². The van der Waals surface area contributed by atoms with Gasteiger partial charge in [-0.1, -0.05) is 11.6 Å². The number of halogens is 4. The average molecular weight is 388 g/mol. The molecule has 1 aliphatic rings. The smallest absolute Gasteiger partial charge is 0.353 e. The van der Waals surface area contributed by atoms with Gasteiger partial charge in [0.25, 0.3) is 10.1 Å². The van der Waals surface area contributed by atoms with Crippen molar-refractivity contribution in [2.75, 3.05) is 43.4 Å². The molecule has 1 aromatic heterocycles. The van der Waals surface area contributed by atoms with Crippen LogP contribution in [0.15, 0.2) is 12.3 Å². The van der Waals surface area contributed by atoms with Crippen LogP contribution in [0.25, 0.3) is 0 Å². The molecule has 0 amide bonds. The number of nitrogens with zero attached hydrogens (tertiary/aromatic N) is 3. The molecule has 136 valence electrons. The summed E-state index contributed by atoms with van der Waals surface area (Å²) in [6, 6.07) is 0.863. The summed E-state index contributed by atoms with van der Waals surface area (Å²) in [6.45, 7) is 2.75. The minimum absolute atomic E-state index is 0.0513. The van der Waals surface area contributed by atoms with E-state index in [0.717, 1.165) is 12.3 Å². The van der Waals surface area contributed by atoms with Crippen LogP contribution in [-0.4, -0.2) is 61.3 Å². The van der Waals surface area contributed by atoms with Crippen LogP contribution in [0.3, 0.4) is 0 Å². The molecule has 0 spiro atoms. The Morgan fingerprint density at radius 2 is 1.88 bits per heavy atom. The molecule has 1 aliphatic heterocycles. The van der Waals surface area contributed by atoms with E-state index in [1.807, 2.05) is 4.90 Å². The molecule has 11 heteroatoms. The van der Waals surface area contributed by atoms with E-state index >= 15 is 0 Å². The molecule has 0 aliphatic carbocycles. The topological polar surface area (TPSA) is 73.7 Å². The number of pyridine rings is 1. The van der Waals surface area contributed by atoms with Crippen molar-refractivity contribution in [1.29, 1.82) is 0 Å². The average Bonchev–Trinajstić information content (AvgIpc) is 2.46. The predicted molar refractivity (Wildman–Crippen MR) is 83.9 cm³/mol. The van der Waals surface area contributed by atoms with E-state index < -0.39 is 21.9 Å². The van der Waals surface area contributed by atoms with E-state index in [2.05, 4.69) is 4.98 Å². The van der Waals surface area contributed by atoms with Crippen molar-refractivity contribution in [3.63, 3.8) is 0 Å². The molecule has 1 aromatic rings. The Morgan fingerprint density at radius 3 is 2.38 bits per heavy atom. The van der Waals surface area contributed by atoms with Gasteiger partial charge in [0.05, 0.1) is 16.3 Å². The van der Waals surface area contributed by atoms with Crippen LogP contribution < -0.4 is 4.90 Å². The molecule has 0 saturated carbocycles. The predicted octanol–water partition coefficient (Wildman–Crippen LogP) is 2.15. The Hall–Kier alpha value is -1.10. The van der Waals surface area contributed by atoms with Crippen molar-refractivity contribution < 1.29 is 26.1 Å². The number of hydrogen-bond acceptors (Lipinski definition) is 5. The second-order valence-electron chi connectivity index (χ2n) is 5.50. The molecule has 1 N–H and O–H groups in total. The fraction of sp³-hybridized carbons (Fsp3) is 0.615. The summed E-state index contributed by atoms with van der Waals surface area (Å²) in [7, 11) is -3.96. The van der Waals surface area contributed by atoms with E-state index in [9.17, 15) is 21.6 Å². The van der Waals surface area contributed by atoms with Gasteiger partial charge in [-0.05, 0) is 19.0 Å². The Morgan fingerprint density at radius 1 is 1.25 bits per heavy atom. The zero-order valence-corrected chi connectivity index (χ0v) is 14.2. The van der Waals surface area contributed by atoms with Gasteiger partial charge < -0.3 is 4.90 Å². The molecular formula is C13H17ClF3N3O3S. The largest absolute Gasteiger partial charge is 0.417 e. The number of aromatic nitrogens is 1. The summed E-state index contributed by atoms with van der Waals surface area (Å²) in [5.74, 6) is 0.0155. The van der Waals surface area contributed by atoms with Gasteiger partial charge in [0.15, 0.2) is 0 Å². The van der Waals surface area contributed by atoms with Gasteiger partial charge in [-0.25, -0.2) is 4.98 Å². The Balaban J connectivity index is 1.90. The zero-order valence-electron chi connectivity index (χ0n) is 12.6. The van der Waals surface area contributed by atoms with Gasteiger partial charge in [0.2, 0.25) is 0 Å². The first-order chi connectivity index (χ1) is 11.1. The molecule has 6 nitrogen and oxygen atoms in total. The van der Waals surface area contributed by atoms with Crippen LogP contribution in [0.2, 0.25) is 5.02 Å². The summed E-state index contributed by atoms with van der Waals surface area (Å²) < 4.78 is 67.9. The molecule has 0 atom stereocenters. The summed E-state index contributed by atoms with van der Waals surface area (Å²) in [5, 5.41) is -0.0513. The van der Waals surface area contributed by atoms with Crippen molar-refractivity contribution in [2.45, 2.75) is 12.6 Å². The summed E-state index contributed by atoms with van der Waals surface area (Å²) in [6.07, 6.45) is -3.40. The summed E-state index contributed by atoms with van der Waals surface area (Å²) in [4.78, 5) is 7.64. The Kier molecular flexibility index (Phi) is 5.95. The molecule has 24 heavy (non-hydrogen) atoms. The van der Waals surface area contributed by atoms with E-state index in [-0.39, 0.29) is 10.8 Å². The summed E-state index contributed by atoms with van der Waals surface area (Å²) in [5.41, 5.74) is -0.889. The van der Waals surface area contributed by atoms with Crippen molar-refractivity contribution in [2.24, 2.45) is 0 Å². The first kappa shape index (κ1) is 19.2. The van der Waals surface area contributed by atoms with Crippen LogP contribution in [-0.2, 0) is 16.3 Å². The Labute approximate surface area is 143 Å². The van der Waals surface area contributed by atoms with E-state index in [0.29, 0.717) is 45.0 Å². The number of hydrogen-bond donors (Lipinski definition) is 1. The van der Waals surface area contributed by atoms with Gasteiger partial charge in [-0.3, -0.25) is 9.45 Å². The highest BCUT2D eigenvalue weighted by Crippen LogP contribution is 2.33. The van der Waals surface area contributed by atoms with Crippen LogP contribution in [0.5, 0.6) is 0 Å². The highest BCUT2D eigenvalue weighted by molar-refractivity contribution is 7.85. The van der Waals surface area contributed by atoms with E-state index in [1.165, 1.54) is 0 Å². The minimum atomic E-state index is -4.49. The normalized spacial score (nSPS) is 17.3. The molecule has 2 rings (SSSR count). The fourth-order valence-electron chi connectivity index (χ4n) is 2.47. The lowest BCUT2D eigenvalue weighted by molar-refractivity contribution is -0.137. The van der Waals surface area contributed by atoms with E-state index in [1.54, 1.807) is 4.90 Å². The third-order valence-corrected chi connectivity index (χ3v) is 4.78. The quantitative estimate of drug-likeness (QED) is 0.780. The SMILES string of the molecule is O=S(=O)(O)CCCN1CCN(c2ncc(C(F)(F)F)cc2Cl)CC1. The molecule has 0 unspecified atom stereocenters. The third kappa shape index (κ3) is 5.47. The first-order valence-corrected chi connectivity index (χ1v) is 9.20. The van der Waals surface area contributed by atoms with Gasteiger partial charge in [0.1, 0.15) is 5.82 Å². The molecule has 0 aromatic carbocycles. The maximum absolute atomic E-state index is 12.6. The summed E-state index contributed by atoms with van der Waals surface area (Å²) >= 11 is 5.93. The number of piperazine rings is 1. The van der Waals surface area contributed by atoms with Crippen molar-refractivity contribution in [3.05, 3.63) is 22.8 Å². The van der Waals surface area contributed by atoms with Crippen LogP contribution in [0.1, 0.15) is 12.0 Å². The van der Waals surface area contributed by atoms with Gasteiger partial charge >= 0.3 is 6.18 Å². The minimum Gasteiger partial charge on any atom is -0.353 e. The molecule has 2 heterocycles. The number of anilines is 1. The van der Waals surface area contributed by atoms with Crippen molar-refractivity contribution >= 4 is 27.5 Å². The lowest BCUT2D eigenvalue weighted by atomic mass is 10.2. The monoisotopic (exact) mass is 387 g/mol. The van der Waals surface area contributed by atoms with Gasteiger partial charge in [0, 0.05) is 32.4 Å². The standard InChI is InChI=1S/C13H17ClF3N3O3S/c14-11-8-10(13(15,16)17)9-18-12(11)20-5-3-19(4-6-20)2-1-7-24(21,22)23/h8-9H,1-7H2,(H,21,22,23). The molecule has 0 radical (unpaired) electrons. The number of rotatable bonds is 5. The molecule has 1 fully saturated rings. The second kappa shape index (κ2) is 7.42. The Bertz CT molecular complexity index is 677. The maximum Gasteiger partial charge on any atom is 0.417 e. The van der Waals surface area contributed by atoms with Crippen molar-refractivity contribution in [1.82, 2.24) is 9.88 Å².